The zero-order valence-corrected chi connectivity index (χ0v) is 17.4. The molecule has 0 bridgehead atoms. The molecule has 7 nitrogen and oxygen atoms in total. The van der Waals surface area contributed by atoms with Crippen LogP contribution in [0.1, 0.15) is 37.8 Å². The van der Waals surface area contributed by atoms with E-state index in [4.69, 9.17) is 16.3 Å². The van der Waals surface area contributed by atoms with E-state index in [0.29, 0.717) is 24.1 Å². The Balaban J connectivity index is 1.75. The van der Waals surface area contributed by atoms with Crippen molar-refractivity contribution < 1.29 is 13.2 Å². The maximum atomic E-state index is 12.1. The van der Waals surface area contributed by atoms with Gasteiger partial charge in [0.15, 0.2) is 5.96 Å². The smallest absolute Gasteiger partial charge is 0.213 e. The van der Waals surface area contributed by atoms with Crippen molar-refractivity contribution in [3.8, 4) is 0 Å². The predicted molar refractivity (Wildman–Crippen MR) is 110 cm³/mol. The molecule has 0 spiro atoms. The first-order valence-corrected chi connectivity index (χ1v) is 11.2. The summed E-state index contributed by atoms with van der Waals surface area (Å²) in [6, 6.07) is 7.50. The number of halogens is 1. The van der Waals surface area contributed by atoms with E-state index in [9.17, 15) is 8.42 Å². The molecule has 2 rings (SSSR count). The van der Waals surface area contributed by atoms with E-state index in [-0.39, 0.29) is 24.4 Å². The monoisotopic (exact) mass is 416 g/mol. The highest BCUT2D eigenvalue weighted by Gasteiger charge is 2.18. The number of hydrogen-bond donors (Lipinski definition) is 3. The molecule has 0 saturated carbocycles. The van der Waals surface area contributed by atoms with Crippen LogP contribution >= 0.6 is 11.6 Å². The molecular formula is C18H29ClN4O3S. The van der Waals surface area contributed by atoms with Crippen LogP contribution in [0.5, 0.6) is 0 Å². The first-order valence-electron chi connectivity index (χ1n) is 9.22. The number of aliphatic imine (C=N–C) groups is 1. The van der Waals surface area contributed by atoms with Gasteiger partial charge >= 0.3 is 0 Å². The van der Waals surface area contributed by atoms with Crippen molar-refractivity contribution in [2.75, 3.05) is 32.5 Å². The summed E-state index contributed by atoms with van der Waals surface area (Å²) >= 11 is 6.21. The minimum Gasteiger partial charge on any atom is -0.377 e. The van der Waals surface area contributed by atoms with Gasteiger partial charge in [-0.3, -0.25) is 4.99 Å². The Morgan fingerprint density at radius 3 is 2.81 bits per heavy atom. The lowest BCUT2D eigenvalue weighted by Gasteiger charge is -2.23. The van der Waals surface area contributed by atoms with Gasteiger partial charge in [0.2, 0.25) is 10.0 Å². The molecule has 1 aromatic rings. The summed E-state index contributed by atoms with van der Waals surface area (Å²) in [7, 11) is -1.73. The maximum Gasteiger partial charge on any atom is 0.213 e. The van der Waals surface area contributed by atoms with Crippen LogP contribution in [0, 0.1) is 0 Å². The van der Waals surface area contributed by atoms with Crippen LogP contribution in [0.25, 0.3) is 0 Å². The van der Waals surface area contributed by atoms with Gasteiger partial charge in [0, 0.05) is 31.8 Å². The minimum atomic E-state index is -3.37. The fourth-order valence-electron chi connectivity index (χ4n) is 2.87. The van der Waals surface area contributed by atoms with Crippen molar-refractivity contribution in [1.29, 1.82) is 0 Å². The van der Waals surface area contributed by atoms with E-state index < -0.39 is 10.0 Å². The van der Waals surface area contributed by atoms with Crippen molar-refractivity contribution >= 4 is 27.6 Å². The Morgan fingerprint density at radius 2 is 2.15 bits per heavy atom. The topological polar surface area (TPSA) is 91.8 Å². The average Bonchev–Trinajstić information content (AvgIpc) is 2.66. The number of guanidine groups is 1. The summed E-state index contributed by atoms with van der Waals surface area (Å²) in [6.07, 6.45) is 3.01. The number of nitrogens with one attached hydrogen (secondary N) is 3. The van der Waals surface area contributed by atoms with Gasteiger partial charge in [0.05, 0.1) is 17.9 Å². The Morgan fingerprint density at radius 1 is 1.37 bits per heavy atom. The van der Waals surface area contributed by atoms with Gasteiger partial charge < -0.3 is 15.4 Å². The Kier molecular flexibility index (Phi) is 8.82. The fourth-order valence-corrected chi connectivity index (χ4v) is 4.12. The molecule has 9 heteroatoms. The average molecular weight is 417 g/mol. The van der Waals surface area contributed by atoms with Crippen LogP contribution in [0.2, 0.25) is 5.02 Å². The number of hydrogen-bond acceptors (Lipinski definition) is 4. The molecule has 2 unspecified atom stereocenters. The van der Waals surface area contributed by atoms with E-state index in [0.717, 1.165) is 24.8 Å². The Bertz CT molecular complexity index is 721. The van der Waals surface area contributed by atoms with Gasteiger partial charge in [-0.15, -0.1) is 0 Å². The van der Waals surface area contributed by atoms with Gasteiger partial charge in [0.1, 0.15) is 0 Å². The van der Waals surface area contributed by atoms with Gasteiger partial charge in [-0.1, -0.05) is 29.8 Å². The molecule has 0 aliphatic carbocycles. The lowest BCUT2D eigenvalue weighted by atomic mass is 10.1. The molecule has 1 aromatic carbocycles. The molecule has 152 valence electrons. The largest absolute Gasteiger partial charge is 0.377 e. The Labute approximate surface area is 167 Å². The highest BCUT2D eigenvalue weighted by Crippen LogP contribution is 2.21. The van der Waals surface area contributed by atoms with Crippen LogP contribution in [0.15, 0.2) is 29.3 Å². The fraction of sp³-hybridized carbons (Fsp3) is 0.611. The molecule has 0 aromatic heterocycles. The van der Waals surface area contributed by atoms with Gasteiger partial charge in [0.25, 0.3) is 0 Å². The summed E-state index contributed by atoms with van der Waals surface area (Å²) in [5.74, 6) is 0.481. The second kappa shape index (κ2) is 10.8. The summed E-state index contributed by atoms with van der Waals surface area (Å²) in [4.78, 5) is 4.14. The SMILES string of the molecule is CN=C(NCCS(=O)(=O)NCC1CCCCO1)NC(C)c1ccccc1Cl. The van der Waals surface area contributed by atoms with Crippen molar-refractivity contribution in [3.05, 3.63) is 34.9 Å². The third-order valence-electron chi connectivity index (χ3n) is 4.42. The molecule has 3 N–H and O–H groups in total. The van der Waals surface area contributed by atoms with E-state index >= 15 is 0 Å². The third kappa shape index (κ3) is 7.65. The second-order valence-electron chi connectivity index (χ2n) is 6.54. The van der Waals surface area contributed by atoms with Gasteiger partial charge in [-0.2, -0.15) is 0 Å². The molecule has 27 heavy (non-hydrogen) atoms. The molecule has 2 atom stereocenters. The van der Waals surface area contributed by atoms with Crippen molar-refractivity contribution in [2.45, 2.75) is 38.3 Å². The number of ether oxygens (including phenoxy) is 1. The molecule has 1 fully saturated rings. The van der Waals surface area contributed by atoms with Gasteiger partial charge in [-0.25, -0.2) is 13.1 Å². The molecule has 1 saturated heterocycles. The molecule has 1 heterocycles. The number of benzene rings is 1. The summed E-state index contributed by atoms with van der Waals surface area (Å²) in [6.45, 7) is 3.25. The van der Waals surface area contributed by atoms with Crippen molar-refractivity contribution in [1.82, 2.24) is 15.4 Å². The number of sulfonamides is 1. The first kappa shape index (κ1) is 21.9. The van der Waals surface area contributed by atoms with E-state index in [1.165, 1.54) is 0 Å². The quantitative estimate of drug-likeness (QED) is 0.445. The van der Waals surface area contributed by atoms with Crippen LogP contribution in [0.3, 0.4) is 0 Å². The lowest BCUT2D eigenvalue weighted by molar-refractivity contribution is 0.0200. The van der Waals surface area contributed by atoms with Gasteiger partial charge in [-0.05, 0) is 37.8 Å². The number of rotatable bonds is 8. The highest BCUT2D eigenvalue weighted by atomic mass is 35.5. The summed E-state index contributed by atoms with van der Waals surface area (Å²) in [5.41, 5.74) is 0.948. The second-order valence-corrected chi connectivity index (χ2v) is 8.88. The minimum absolute atomic E-state index is 0.0209. The van der Waals surface area contributed by atoms with Crippen LogP contribution < -0.4 is 15.4 Å². The normalized spacial score (nSPS) is 19.5. The summed E-state index contributed by atoms with van der Waals surface area (Å²) < 4.78 is 32.5. The predicted octanol–water partition coefficient (Wildman–Crippen LogP) is 2.05. The standard InChI is InChI=1S/C18H29ClN4O3S/c1-14(16-8-3-4-9-17(16)19)23-18(20-2)21-10-12-27(24,25)22-13-15-7-5-6-11-26-15/h3-4,8-9,14-15,22H,5-7,10-13H2,1-2H3,(H2,20,21,23). The molecule has 0 amide bonds. The highest BCUT2D eigenvalue weighted by molar-refractivity contribution is 7.89. The van der Waals surface area contributed by atoms with E-state index in [1.54, 1.807) is 7.05 Å². The molecule has 0 radical (unpaired) electrons. The van der Waals surface area contributed by atoms with E-state index in [2.05, 4.69) is 20.3 Å². The lowest BCUT2D eigenvalue weighted by Crippen LogP contribution is -2.43. The van der Waals surface area contributed by atoms with Crippen LogP contribution in [-0.4, -0.2) is 53.0 Å². The maximum absolute atomic E-state index is 12.1. The first-order chi connectivity index (χ1) is 12.9. The van der Waals surface area contributed by atoms with E-state index in [1.807, 2.05) is 31.2 Å². The molecule has 1 aliphatic rings. The van der Waals surface area contributed by atoms with Crippen LogP contribution in [-0.2, 0) is 14.8 Å². The summed E-state index contributed by atoms with van der Waals surface area (Å²) in [5, 5.41) is 6.91. The Hall–Kier alpha value is -1.35. The zero-order chi connectivity index (χ0) is 19.7. The van der Waals surface area contributed by atoms with Crippen molar-refractivity contribution in [2.24, 2.45) is 4.99 Å². The van der Waals surface area contributed by atoms with Crippen molar-refractivity contribution in [3.63, 3.8) is 0 Å². The molecule has 1 aliphatic heterocycles. The molecular weight excluding hydrogens is 388 g/mol. The van der Waals surface area contributed by atoms with Crippen LogP contribution in [0.4, 0.5) is 0 Å². The third-order valence-corrected chi connectivity index (χ3v) is 6.11. The zero-order valence-electron chi connectivity index (χ0n) is 15.9. The number of nitrogens with zero attached hydrogens (tertiary/aromatic N) is 1.